The van der Waals surface area contributed by atoms with Gasteiger partial charge in [-0.05, 0) is 60.7 Å². The summed E-state index contributed by atoms with van der Waals surface area (Å²) in [5.74, 6) is -0.506. The molecule has 0 amide bonds. The maximum absolute atomic E-state index is 12.9. The van der Waals surface area contributed by atoms with Crippen LogP contribution < -0.4 is 0 Å². The maximum Gasteiger partial charge on any atom is 0.185 e. The van der Waals surface area contributed by atoms with Gasteiger partial charge in [0.15, 0.2) is 5.78 Å². The van der Waals surface area contributed by atoms with Crippen LogP contribution in [-0.4, -0.2) is 16.0 Å². The molecule has 24 heavy (non-hydrogen) atoms. The van der Waals surface area contributed by atoms with Crippen molar-refractivity contribution in [2.75, 3.05) is 0 Å². The maximum atomic E-state index is 12.9. The number of H-pyrrole nitrogens is 1. The molecule has 0 radical (unpaired) electrons. The molecule has 1 heterocycles. The van der Waals surface area contributed by atoms with Crippen molar-refractivity contribution in [1.29, 1.82) is 0 Å². The Morgan fingerprint density at radius 2 is 1.79 bits per heavy atom. The van der Waals surface area contributed by atoms with Gasteiger partial charge in [-0.3, -0.25) is 9.89 Å². The zero-order valence-electron chi connectivity index (χ0n) is 12.3. The molecule has 120 valence electrons. The third-order valence-corrected chi connectivity index (χ3v) is 4.10. The first-order chi connectivity index (χ1) is 11.5. The van der Waals surface area contributed by atoms with Crippen LogP contribution in [0.3, 0.4) is 0 Å². The van der Waals surface area contributed by atoms with E-state index >= 15 is 0 Å². The lowest BCUT2D eigenvalue weighted by molar-refractivity contribution is 0.104. The van der Waals surface area contributed by atoms with E-state index in [0.29, 0.717) is 27.0 Å². The molecule has 0 atom stereocenters. The first kappa shape index (κ1) is 16.4. The van der Waals surface area contributed by atoms with Gasteiger partial charge >= 0.3 is 0 Å². The highest BCUT2D eigenvalue weighted by Gasteiger charge is 2.06. The van der Waals surface area contributed by atoms with E-state index in [0.717, 1.165) is 5.56 Å². The lowest BCUT2D eigenvalue weighted by Crippen LogP contribution is -1.93. The number of nitrogens with one attached hydrogen (secondary N) is 1. The molecule has 6 heteroatoms. The second kappa shape index (κ2) is 6.99. The van der Waals surface area contributed by atoms with Crippen molar-refractivity contribution in [2.45, 2.75) is 0 Å². The third-order valence-electron chi connectivity index (χ3n) is 3.36. The Hall–Kier alpha value is -2.43. The van der Waals surface area contributed by atoms with Gasteiger partial charge < -0.3 is 0 Å². The van der Waals surface area contributed by atoms with Crippen LogP contribution in [0.2, 0.25) is 10.0 Å². The summed E-state index contributed by atoms with van der Waals surface area (Å²) in [6.45, 7) is 0. The molecule has 0 bridgehead atoms. The van der Waals surface area contributed by atoms with Crippen molar-refractivity contribution < 1.29 is 9.18 Å². The number of ketones is 1. The van der Waals surface area contributed by atoms with E-state index in [1.807, 2.05) is 0 Å². The van der Waals surface area contributed by atoms with Crippen LogP contribution in [0.5, 0.6) is 0 Å². The molecule has 3 nitrogen and oxygen atoms in total. The van der Waals surface area contributed by atoms with Gasteiger partial charge in [-0.25, -0.2) is 4.39 Å². The lowest BCUT2D eigenvalue weighted by Gasteiger charge is -1.98. The second-order valence-corrected chi connectivity index (χ2v) is 5.86. The number of aromatic nitrogens is 2. The molecule has 0 aliphatic rings. The first-order valence-electron chi connectivity index (χ1n) is 7.02. The van der Waals surface area contributed by atoms with E-state index in [1.54, 1.807) is 36.4 Å². The molecular formula is C18H11Cl2FN2O. The normalized spacial score (nSPS) is 11.1. The number of allylic oxidation sites excluding steroid dienone is 1. The fourth-order valence-corrected chi connectivity index (χ4v) is 2.40. The number of benzene rings is 2. The fraction of sp³-hybridized carbons (Fsp3) is 0. The Morgan fingerprint density at radius 3 is 2.50 bits per heavy atom. The number of rotatable bonds is 4. The minimum absolute atomic E-state index is 0.202. The predicted molar refractivity (Wildman–Crippen MR) is 93.8 cm³/mol. The van der Waals surface area contributed by atoms with Crippen molar-refractivity contribution in [3.8, 4) is 11.3 Å². The van der Waals surface area contributed by atoms with E-state index in [1.165, 1.54) is 24.3 Å². The van der Waals surface area contributed by atoms with Crippen molar-refractivity contribution >= 4 is 35.1 Å². The molecule has 0 aliphatic carbocycles. The molecule has 2 aromatic carbocycles. The number of aromatic amines is 1. The van der Waals surface area contributed by atoms with Gasteiger partial charge in [-0.2, -0.15) is 5.10 Å². The SMILES string of the molecule is O=C(/C=C/c1cc(-c2ccc(F)cc2)n[nH]1)c1ccc(Cl)c(Cl)c1. The summed E-state index contributed by atoms with van der Waals surface area (Å²) in [6.07, 6.45) is 3.03. The highest BCUT2D eigenvalue weighted by molar-refractivity contribution is 6.42. The van der Waals surface area contributed by atoms with Crippen LogP contribution in [0.25, 0.3) is 17.3 Å². The average molecular weight is 361 g/mol. The summed E-state index contributed by atoms with van der Waals surface area (Å²) in [4.78, 5) is 12.1. The van der Waals surface area contributed by atoms with Crippen molar-refractivity contribution in [3.63, 3.8) is 0 Å². The second-order valence-electron chi connectivity index (χ2n) is 5.04. The minimum Gasteiger partial charge on any atom is -0.289 e. The van der Waals surface area contributed by atoms with Gasteiger partial charge in [-0.15, -0.1) is 0 Å². The van der Waals surface area contributed by atoms with Gasteiger partial charge in [0, 0.05) is 11.1 Å². The van der Waals surface area contributed by atoms with Crippen LogP contribution in [-0.2, 0) is 0 Å². The summed E-state index contributed by atoms with van der Waals surface area (Å²) < 4.78 is 12.9. The number of hydrogen-bond donors (Lipinski definition) is 1. The van der Waals surface area contributed by atoms with E-state index in [9.17, 15) is 9.18 Å². The number of nitrogens with zero attached hydrogens (tertiary/aromatic N) is 1. The fourth-order valence-electron chi connectivity index (χ4n) is 2.10. The van der Waals surface area contributed by atoms with E-state index in [-0.39, 0.29) is 11.6 Å². The summed E-state index contributed by atoms with van der Waals surface area (Å²) in [5.41, 5.74) is 2.54. The van der Waals surface area contributed by atoms with Crippen LogP contribution in [0.4, 0.5) is 4.39 Å². The zero-order valence-corrected chi connectivity index (χ0v) is 13.8. The summed E-state index contributed by atoms with van der Waals surface area (Å²) in [5, 5.41) is 7.69. The van der Waals surface area contributed by atoms with E-state index in [4.69, 9.17) is 23.2 Å². The van der Waals surface area contributed by atoms with Gasteiger partial charge in [0.2, 0.25) is 0 Å². The largest absolute Gasteiger partial charge is 0.289 e. The summed E-state index contributed by atoms with van der Waals surface area (Å²) >= 11 is 11.7. The molecular weight excluding hydrogens is 350 g/mol. The molecule has 1 aromatic heterocycles. The van der Waals surface area contributed by atoms with Gasteiger partial charge in [0.05, 0.1) is 21.4 Å². The zero-order chi connectivity index (χ0) is 17.1. The third kappa shape index (κ3) is 3.72. The first-order valence-corrected chi connectivity index (χ1v) is 7.77. The highest BCUT2D eigenvalue weighted by Crippen LogP contribution is 2.23. The van der Waals surface area contributed by atoms with Crippen molar-refractivity contribution in [3.05, 3.63) is 81.7 Å². The molecule has 1 N–H and O–H groups in total. The number of hydrogen-bond acceptors (Lipinski definition) is 2. The highest BCUT2D eigenvalue weighted by atomic mass is 35.5. The smallest absolute Gasteiger partial charge is 0.185 e. The number of halogens is 3. The number of carbonyl (C=O) groups excluding carboxylic acids is 1. The Bertz CT molecular complexity index is 917. The minimum atomic E-state index is -0.304. The molecule has 3 aromatic rings. The van der Waals surface area contributed by atoms with Crippen LogP contribution in [0, 0.1) is 5.82 Å². The Morgan fingerprint density at radius 1 is 1.04 bits per heavy atom. The lowest BCUT2D eigenvalue weighted by atomic mass is 10.1. The Labute approximate surface area is 147 Å². The monoisotopic (exact) mass is 360 g/mol. The summed E-state index contributed by atoms with van der Waals surface area (Å²) in [7, 11) is 0. The molecule has 0 fully saturated rings. The summed E-state index contributed by atoms with van der Waals surface area (Å²) in [6, 6.07) is 12.5. The average Bonchev–Trinajstić information content (AvgIpc) is 3.05. The van der Waals surface area contributed by atoms with E-state index < -0.39 is 0 Å². The van der Waals surface area contributed by atoms with Crippen molar-refractivity contribution in [1.82, 2.24) is 10.2 Å². The molecule has 3 rings (SSSR count). The van der Waals surface area contributed by atoms with Crippen molar-refractivity contribution in [2.24, 2.45) is 0 Å². The molecule has 0 saturated carbocycles. The Kier molecular flexibility index (Phi) is 4.79. The van der Waals surface area contributed by atoms with Gasteiger partial charge in [0.1, 0.15) is 5.82 Å². The number of carbonyl (C=O) groups is 1. The molecule has 0 aliphatic heterocycles. The van der Waals surface area contributed by atoms with Gasteiger partial charge in [0.25, 0.3) is 0 Å². The topological polar surface area (TPSA) is 45.8 Å². The molecule has 0 unspecified atom stereocenters. The molecule has 0 saturated heterocycles. The predicted octanol–water partition coefficient (Wildman–Crippen LogP) is 5.42. The quantitative estimate of drug-likeness (QED) is 0.498. The van der Waals surface area contributed by atoms with Crippen LogP contribution >= 0.6 is 23.2 Å². The van der Waals surface area contributed by atoms with E-state index in [2.05, 4.69) is 10.2 Å². The van der Waals surface area contributed by atoms with Crippen LogP contribution in [0.1, 0.15) is 16.1 Å². The van der Waals surface area contributed by atoms with Gasteiger partial charge in [-0.1, -0.05) is 23.2 Å². The Balaban J connectivity index is 1.76. The van der Waals surface area contributed by atoms with Crippen LogP contribution in [0.15, 0.2) is 54.6 Å². The molecule has 0 spiro atoms. The standard InChI is InChI=1S/C18H11Cl2FN2O/c19-15-7-3-12(9-16(15)20)18(24)8-6-14-10-17(23-22-14)11-1-4-13(21)5-2-11/h1-10H,(H,22,23)/b8-6+.